The zero-order valence-electron chi connectivity index (χ0n) is 19.0. The highest BCUT2D eigenvalue weighted by molar-refractivity contribution is 6.32. The number of hydrogen-bond donors (Lipinski definition) is 3. The summed E-state index contributed by atoms with van der Waals surface area (Å²) < 4.78 is 37.5. The Morgan fingerprint density at radius 3 is 2.61 bits per heavy atom. The van der Waals surface area contributed by atoms with Crippen molar-refractivity contribution in [3.63, 3.8) is 0 Å². The molecule has 0 bridgehead atoms. The maximum absolute atomic E-state index is 12.5. The Morgan fingerprint density at radius 2 is 1.91 bits per heavy atom. The number of aromatic nitrogens is 1. The molecule has 1 aliphatic carbocycles. The normalized spacial score (nSPS) is 21.7. The Hall–Kier alpha value is -2.29. The van der Waals surface area contributed by atoms with Crippen molar-refractivity contribution in [3.8, 4) is 0 Å². The number of carbonyl (C=O) groups excluding carboxylic acids is 1. The minimum absolute atomic E-state index is 0.0218. The van der Waals surface area contributed by atoms with E-state index in [1.807, 2.05) is 6.07 Å². The van der Waals surface area contributed by atoms with Gasteiger partial charge in [0, 0.05) is 49.6 Å². The number of amides is 1. The van der Waals surface area contributed by atoms with Gasteiger partial charge in [-0.2, -0.15) is 13.2 Å². The van der Waals surface area contributed by atoms with Crippen LogP contribution in [-0.4, -0.2) is 59.6 Å². The number of carbonyl (C=O) groups is 1. The molecule has 0 spiro atoms. The Labute approximate surface area is 193 Å². The molecule has 6 nitrogen and oxygen atoms in total. The summed E-state index contributed by atoms with van der Waals surface area (Å²) in [6, 6.07) is 3.86. The molecule has 0 unspecified atom stereocenters. The van der Waals surface area contributed by atoms with Crippen molar-refractivity contribution in [2.75, 3.05) is 19.6 Å². The molecule has 1 amide bonds. The van der Waals surface area contributed by atoms with Crippen LogP contribution in [0.25, 0.3) is 0 Å². The molecular weight excluding hydrogens is 431 g/mol. The molecule has 2 heterocycles. The maximum atomic E-state index is 12.5. The maximum Gasteiger partial charge on any atom is 0.389 e. The van der Waals surface area contributed by atoms with Gasteiger partial charge in [-0.3, -0.25) is 9.78 Å². The second-order valence-corrected chi connectivity index (χ2v) is 9.29. The number of fused-ring (bicyclic) bond motifs is 1. The van der Waals surface area contributed by atoms with Crippen LogP contribution in [0.5, 0.6) is 0 Å². The van der Waals surface area contributed by atoms with Crippen molar-refractivity contribution >= 4 is 17.8 Å². The van der Waals surface area contributed by atoms with E-state index in [1.165, 1.54) is 0 Å². The van der Waals surface area contributed by atoms with Gasteiger partial charge >= 0.3 is 6.18 Å². The van der Waals surface area contributed by atoms with Crippen LogP contribution in [0.1, 0.15) is 61.9 Å². The third-order valence-corrected chi connectivity index (χ3v) is 6.74. The van der Waals surface area contributed by atoms with Crippen molar-refractivity contribution in [2.45, 2.75) is 76.4 Å². The number of nitrogens with one attached hydrogen (secondary N) is 3. The van der Waals surface area contributed by atoms with E-state index in [-0.39, 0.29) is 30.5 Å². The fourth-order valence-corrected chi connectivity index (χ4v) is 4.77. The predicted molar refractivity (Wildman–Crippen MR) is 122 cm³/mol. The van der Waals surface area contributed by atoms with E-state index in [0.29, 0.717) is 11.6 Å². The molecule has 0 atom stereocenters. The summed E-state index contributed by atoms with van der Waals surface area (Å²) in [7, 11) is 0. The summed E-state index contributed by atoms with van der Waals surface area (Å²) in [4.78, 5) is 18.9. The molecule has 182 valence electrons. The lowest BCUT2D eigenvalue weighted by atomic mass is 9.84. The lowest BCUT2D eigenvalue weighted by Gasteiger charge is -2.30. The Balaban J connectivity index is 1.38. The van der Waals surface area contributed by atoms with Crippen LogP contribution in [0.3, 0.4) is 0 Å². The standard InChI is InChI=1S/C24H34F3N5O/c25-24(26,27)11-7-21-6-3-18-9-13-32(14-10-22(18)30-21)12-8-17-1-4-20(5-2-17)31-23(33)15-19(29)16-28/h3,6,16-17,20,28-29H,1-2,4-5,7-15H2,(H,31,33)/t17-,20-. The number of aryl methyl sites for hydroxylation is 1. The molecule has 1 aromatic heterocycles. The highest BCUT2D eigenvalue weighted by Crippen LogP contribution is 2.28. The predicted octanol–water partition coefficient (Wildman–Crippen LogP) is 4.10. The molecule has 3 rings (SSSR count). The average molecular weight is 466 g/mol. The van der Waals surface area contributed by atoms with Crippen molar-refractivity contribution in [1.29, 1.82) is 10.8 Å². The van der Waals surface area contributed by atoms with Crippen LogP contribution in [0, 0.1) is 16.7 Å². The van der Waals surface area contributed by atoms with E-state index in [4.69, 9.17) is 10.8 Å². The van der Waals surface area contributed by atoms with E-state index in [2.05, 4.69) is 15.2 Å². The minimum Gasteiger partial charge on any atom is -0.353 e. The number of pyridine rings is 1. The van der Waals surface area contributed by atoms with E-state index < -0.39 is 12.6 Å². The third-order valence-electron chi connectivity index (χ3n) is 6.74. The topological polar surface area (TPSA) is 92.9 Å². The fourth-order valence-electron chi connectivity index (χ4n) is 4.77. The van der Waals surface area contributed by atoms with Gasteiger partial charge < -0.3 is 21.0 Å². The molecule has 2 aliphatic rings. The van der Waals surface area contributed by atoms with Gasteiger partial charge in [0.1, 0.15) is 0 Å². The van der Waals surface area contributed by atoms with Crippen LogP contribution in [0.4, 0.5) is 13.2 Å². The zero-order valence-corrected chi connectivity index (χ0v) is 19.0. The van der Waals surface area contributed by atoms with Crippen LogP contribution < -0.4 is 5.32 Å². The molecule has 9 heteroatoms. The monoisotopic (exact) mass is 465 g/mol. The van der Waals surface area contributed by atoms with Gasteiger partial charge in [0.05, 0.1) is 12.1 Å². The zero-order chi connectivity index (χ0) is 23.8. The molecule has 1 fully saturated rings. The number of hydrogen-bond acceptors (Lipinski definition) is 5. The van der Waals surface area contributed by atoms with Gasteiger partial charge in [-0.05, 0) is 69.0 Å². The van der Waals surface area contributed by atoms with E-state index in [1.54, 1.807) is 6.07 Å². The van der Waals surface area contributed by atoms with Crippen LogP contribution in [-0.2, 0) is 24.1 Å². The third kappa shape index (κ3) is 8.53. The Bertz CT molecular complexity index is 834. The molecule has 1 saturated carbocycles. The van der Waals surface area contributed by atoms with Gasteiger partial charge in [0.15, 0.2) is 0 Å². The van der Waals surface area contributed by atoms with Crippen molar-refractivity contribution in [3.05, 3.63) is 29.1 Å². The minimum atomic E-state index is -4.15. The first kappa shape index (κ1) is 25.3. The summed E-state index contributed by atoms with van der Waals surface area (Å²) in [6.45, 7) is 2.83. The smallest absolute Gasteiger partial charge is 0.353 e. The number of rotatable bonds is 9. The van der Waals surface area contributed by atoms with Crippen LogP contribution in [0.15, 0.2) is 12.1 Å². The number of alkyl halides is 3. The lowest BCUT2D eigenvalue weighted by Crippen LogP contribution is -2.39. The van der Waals surface area contributed by atoms with Gasteiger partial charge in [-0.1, -0.05) is 6.07 Å². The quantitative estimate of drug-likeness (QED) is 0.480. The number of halogens is 3. The average Bonchev–Trinajstić information content (AvgIpc) is 2.98. The second-order valence-electron chi connectivity index (χ2n) is 9.29. The lowest BCUT2D eigenvalue weighted by molar-refractivity contribution is -0.134. The number of nitrogens with zero attached hydrogens (tertiary/aromatic N) is 2. The molecule has 0 radical (unpaired) electrons. The van der Waals surface area contributed by atoms with Crippen molar-refractivity contribution < 1.29 is 18.0 Å². The van der Waals surface area contributed by atoms with Crippen LogP contribution in [0.2, 0.25) is 0 Å². The van der Waals surface area contributed by atoms with E-state index in [0.717, 1.165) is 82.1 Å². The summed E-state index contributed by atoms with van der Waals surface area (Å²) in [5.74, 6) is 0.460. The largest absolute Gasteiger partial charge is 0.389 e. The second kappa shape index (κ2) is 11.7. The molecule has 0 saturated heterocycles. The van der Waals surface area contributed by atoms with Gasteiger partial charge in [-0.15, -0.1) is 0 Å². The van der Waals surface area contributed by atoms with Gasteiger partial charge in [0.25, 0.3) is 0 Å². The fraction of sp³-hybridized carbons (Fsp3) is 0.667. The first-order valence-corrected chi connectivity index (χ1v) is 11.9. The summed E-state index contributed by atoms with van der Waals surface area (Å²) in [5, 5.41) is 17.4. The first-order chi connectivity index (χ1) is 15.7. The molecule has 0 aromatic carbocycles. The molecule has 3 N–H and O–H groups in total. The highest BCUT2D eigenvalue weighted by Gasteiger charge is 2.27. The van der Waals surface area contributed by atoms with Gasteiger partial charge in [-0.25, -0.2) is 0 Å². The molecule has 1 aliphatic heterocycles. The molecular formula is C24H34F3N5O. The van der Waals surface area contributed by atoms with Gasteiger partial charge in [0.2, 0.25) is 5.91 Å². The molecule has 33 heavy (non-hydrogen) atoms. The highest BCUT2D eigenvalue weighted by atomic mass is 19.4. The molecule has 1 aromatic rings. The summed E-state index contributed by atoms with van der Waals surface area (Å²) >= 11 is 0. The summed E-state index contributed by atoms with van der Waals surface area (Å²) in [6.07, 6.45) is 2.65. The van der Waals surface area contributed by atoms with E-state index in [9.17, 15) is 18.0 Å². The van der Waals surface area contributed by atoms with E-state index >= 15 is 0 Å². The van der Waals surface area contributed by atoms with Crippen molar-refractivity contribution in [2.24, 2.45) is 5.92 Å². The Kier molecular flexibility index (Phi) is 9.00. The SMILES string of the molecule is N=CC(=N)CC(=O)N[C@H]1CC[C@H](CCN2CCc3ccc(CCC(F)(F)F)nc3CC2)CC1. The summed E-state index contributed by atoms with van der Waals surface area (Å²) in [5.41, 5.74) is 2.65. The van der Waals surface area contributed by atoms with Crippen LogP contribution >= 0.6 is 0 Å². The Morgan fingerprint density at radius 1 is 1.18 bits per heavy atom. The first-order valence-electron chi connectivity index (χ1n) is 11.9. The van der Waals surface area contributed by atoms with Crippen molar-refractivity contribution in [1.82, 2.24) is 15.2 Å².